The number of halogens is 3. The zero-order valence-electron chi connectivity index (χ0n) is 17.9. The summed E-state index contributed by atoms with van der Waals surface area (Å²) in [6.45, 7) is 0.959. The van der Waals surface area contributed by atoms with E-state index >= 15 is 0 Å². The molecule has 2 aliphatic rings. The minimum absolute atomic E-state index is 0.0287. The molecule has 3 unspecified atom stereocenters. The number of nitrogens with zero attached hydrogens (tertiary/aromatic N) is 3. The smallest absolute Gasteiger partial charge is 0.418 e. The molecular weight excluding hydrogens is 453 g/mol. The molecule has 34 heavy (non-hydrogen) atoms. The number of piperidine rings is 1. The third-order valence-electron chi connectivity index (χ3n) is 6.46. The van der Waals surface area contributed by atoms with Crippen molar-refractivity contribution in [3.63, 3.8) is 0 Å². The molecule has 9 nitrogen and oxygen atoms in total. The van der Waals surface area contributed by atoms with Crippen LogP contribution >= 0.6 is 0 Å². The summed E-state index contributed by atoms with van der Waals surface area (Å²) >= 11 is 0. The van der Waals surface area contributed by atoms with Crippen LogP contribution < -0.4 is 21.7 Å². The molecule has 180 valence electrons. The van der Waals surface area contributed by atoms with Gasteiger partial charge in [0.25, 0.3) is 5.91 Å². The van der Waals surface area contributed by atoms with E-state index < -0.39 is 29.8 Å². The van der Waals surface area contributed by atoms with E-state index in [1.807, 2.05) is 4.90 Å². The van der Waals surface area contributed by atoms with Gasteiger partial charge in [-0.2, -0.15) is 13.2 Å². The summed E-state index contributed by atoms with van der Waals surface area (Å²) in [5.41, 5.74) is 11.6. The van der Waals surface area contributed by atoms with E-state index in [-0.39, 0.29) is 28.5 Å². The Balaban J connectivity index is 1.43. The predicted octanol–water partition coefficient (Wildman–Crippen LogP) is 2.61. The lowest BCUT2D eigenvalue weighted by atomic mass is 9.87. The SMILES string of the molecule is Nc1oc2cc(C(F)(F)F)cnc2c1C(=O)Nc1cnccc1N1CC(N)C(O)C(C2CC2)C1. The Labute approximate surface area is 191 Å². The summed E-state index contributed by atoms with van der Waals surface area (Å²) in [5, 5.41) is 13.2. The number of carbonyl (C=O) groups excluding carboxylic acids is 1. The van der Waals surface area contributed by atoms with Gasteiger partial charge in [0.1, 0.15) is 11.1 Å². The van der Waals surface area contributed by atoms with Crippen LogP contribution in [-0.2, 0) is 6.18 Å². The fraction of sp³-hybridized carbons (Fsp3) is 0.409. The van der Waals surface area contributed by atoms with Crippen LogP contribution in [0.5, 0.6) is 0 Å². The second-order valence-electron chi connectivity index (χ2n) is 8.82. The summed E-state index contributed by atoms with van der Waals surface area (Å²) in [4.78, 5) is 23.0. The Morgan fingerprint density at radius 3 is 2.74 bits per heavy atom. The highest BCUT2D eigenvalue weighted by molar-refractivity contribution is 6.15. The summed E-state index contributed by atoms with van der Waals surface area (Å²) < 4.78 is 44.2. The van der Waals surface area contributed by atoms with Crippen molar-refractivity contribution < 1.29 is 27.5 Å². The van der Waals surface area contributed by atoms with Gasteiger partial charge in [-0.25, -0.2) is 0 Å². The monoisotopic (exact) mass is 476 g/mol. The number of carbonyl (C=O) groups is 1. The number of rotatable bonds is 4. The number of fused-ring (bicyclic) bond motifs is 1. The molecule has 2 fully saturated rings. The van der Waals surface area contributed by atoms with Crippen LogP contribution in [0.1, 0.15) is 28.8 Å². The van der Waals surface area contributed by atoms with Gasteiger partial charge in [0.15, 0.2) is 5.58 Å². The van der Waals surface area contributed by atoms with Gasteiger partial charge in [0.2, 0.25) is 5.88 Å². The fourth-order valence-corrected chi connectivity index (χ4v) is 4.58. The van der Waals surface area contributed by atoms with E-state index in [1.54, 1.807) is 12.3 Å². The maximum atomic E-state index is 13.1. The molecule has 6 N–H and O–H groups in total. The van der Waals surface area contributed by atoms with E-state index in [0.717, 1.165) is 18.9 Å². The third-order valence-corrected chi connectivity index (χ3v) is 6.46. The Kier molecular flexibility index (Phi) is 5.36. The Morgan fingerprint density at radius 1 is 1.26 bits per heavy atom. The number of hydrogen-bond donors (Lipinski definition) is 4. The van der Waals surface area contributed by atoms with E-state index in [0.29, 0.717) is 36.6 Å². The standard InChI is InChI=1S/C22H23F3N6O3/c23-22(24,25)11-5-16-18(29-6-11)17(20(27)34-16)21(33)30-14-7-28-4-3-15(14)31-8-12(10-1-2-10)19(32)13(26)9-31/h3-7,10,12-13,19,32H,1-2,8-9,26-27H2,(H,30,33). The van der Waals surface area contributed by atoms with Crippen LogP contribution in [0.25, 0.3) is 11.1 Å². The van der Waals surface area contributed by atoms with Crippen LogP contribution in [0.2, 0.25) is 0 Å². The summed E-state index contributed by atoms with van der Waals surface area (Å²) in [6, 6.07) is 2.04. The topological polar surface area (TPSA) is 144 Å². The molecule has 0 aromatic carbocycles. The molecule has 1 saturated heterocycles. The number of aliphatic hydroxyl groups is 1. The highest BCUT2D eigenvalue weighted by Crippen LogP contribution is 2.42. The average Bonchev–Trinajstić information content (AvgIpc) is 3.56. The molecule has 3 aromatic rings. The van der Waals surface area contributed by atoms with Gasteiger partial charge >= 0.3 is 6.18 Å². The van der Waals surface area contributed by atoms with E-state index in [9.17, 15) is 23.1 Å². The van der Waals surface area contributed by atoms with Crippen molar-refractivity contribution in [2.24, 2.45) is 17.6 Å². The first-order chi connectivity index (χ1) is 16.1. The van der Waals surface area contributed by atoms with Crippen LogP contribution in [0.15, 0.2) is 35.1 Å². The Bertz CT molecular complexity index is 1240. The van der Waals surface area contributed by atoms with Gasteiger partial charge < -0.3 is 31.2 Å². The number of nitrogens with one attached hydrogen (secondary N) is 1. The number of pyridine rings is 2. The van der Waals surface area contributed by atoms with Crippen LogP contribution in [0.3, 0.4) is 0 Å². The summed E-state index contributed by atoms with van der Waals surface area (Å²) in [5.74, 6) is -0.589. The lowest BCUT2D eigenvalue weighted by molar-refractivity contribution is -0.137. The van der Waals surface area contributed by atoms with Gasteiger partial charge in [0.05, 0.1) is 29.2 Å². The van der Waals surface area contributed by atoms with Crippen molar-refractivity contribution in [3.8, 4) is 0 Å². The van der Waals surface area contributed by atoms with Gasteiger partial charge in [-0.15, -0.1) is 0 Å². The number of nitrogen functional groups attached to an aromatic ring is 1. The van der Waals surface area contributed by atoms with Crippen LogP contribution in [-0.4, -0.2) is 46.2 Å². The van der Waals surface area contributed by atoms with Crippen molar-refractivity contribution in [3.05, 3.63) is 41.9 Å². The summed E-state index contributed by atoms with van der Waals surface area (Å²) in [7, 11) is 0. The van der Waals surface area contributed by atoms with Crippen molar-refractivity contribution in [1.29, 1.82) is 0 Å². The van der Waals surface area contributed by atoms with Crippen LogP contribution in [0.4, 0.5) is 30.4 Å². The first kappa shape index (κ1) is 22.4. The number of alkyl halides is 3. The van der Waals surface area contributed by atoms with Crippen molar-refractivity contribution in [1.82, 2.24) is 9.97 Å². The lowest BCUT2D eigenvalue weighted by Gasteiger charge is -2.42. The maximum Gasteiger partial charge on any atom is 0.418 e. The van der Waals surface area contributed by atoms with Crippen molar-refractivity contribution in [2.45, 2.75) is 31.2 Å². The average molecular weight is 476 g/mol. The number of amides is 1. The predicted molar refractivity (Wildman–Crippen MR) is 118 cm³/mol. The van der Waals surface area contributed by atoms with E-state index in [2.05, 4.69) is 15.3 Å². The zero-order chi connectivity index (χ0) is 24.2. The maximum absolute atomic E-state index is 13.1. The van der Waals surface area contributed by atoms with Gasteiger partial charge in [-0.05, 0) is 30.9 Å². The number of furan rings is 1. The minimum atomic E-state index is -4.61. The molecule has 1 saturated carbocycles. The Hall–Kier alpha value is -3.38. The third kappa shape index (κ3) is 4.03. The molecule has 4 heterocycles. The number of aromatic nitrogens is 2. The normalized spacial score (nSPS) is 23.3. The molecule has 3 aromatic heterocycles. The van der Waals surface area contributed by atoms with E-state index in [4.69, 9.17) is 15.9 Å². The first-order valence-electron chi connectivity index (χ1n) is 10.8. The number of aliphatic hydroxyl groups excluding tert-OH is 1. The molecule has 1 aliphatic heterocycles. The van der Waals surface area contributed by atoms with E-state index in [1.165, 1.54) is 6.20 Å². The molecule has 1 amide bonds. The van der Waals surface area contributed by atoms with Gasteiger partial charge in [-0.1, -0.05) is 0 Å². The van der Waals surface area contributed by atoms with Crippen molar-refractivity contribution >= 4 is 34.3 Å². The molecule has 0 bridgehead atoms. The number of nitrogens with two attached hydrogens (primary N) is 2. The zero-order valence-corrected chi connectivity index (χ0v) is 17.9. The van der Waals surface area contributed by atoms with Gasteiger partial charge in [-0.3, -0.25) is 14.8 Å². The lowest BCUT2D eigenvalue weighted by Crippen LogP contribution is -2.57. The molecule has 3 atom stereocenters. The van der Waals surface area contributed by atoms with Gasteiger partial charge in [0, 0.05) is 37.4 Å². The number of anilines is 3. The fourth-order valence-electron chi connectivity index (χ4n) is 4.58. The second-order valence-corrected chi connectivity index (χ2v) is 8.82. The molecule has 5 rings (SSSR count). The quantitative estimate of drug-likeness (QED) is 0.450. The highest BCUT2D eigenvalue weighted by Gasteiger charge is 2.43. The molecule has 1 aliphatic carbocycles. The number of hydrogen-bond acceptors (Lipinski definition) is 8. The van der Waals surface area contributed by atoms with Crippen LogP contribution in [0, 0.1) is 11.8 Å². The Morgan fingerprint density at radius 2 is 2.03 bits per heavy atom. The second kappa shape index (κ2) is 8.13. The molecule has 12 heteroatoms. The molecular formula is C22H23F3N6O3. The molecule has 0 radical (unpaired) electrons. The highest BCUT2D eigenvalue weighted by atomic mass is 19.4. The largest absolute Gasteiger partial charge is 0.438 e. The van der Waals surface area contributed by atoms with Crippen molar-refractivity contribution in [2.75, 3.05) is 29.0 Å². The summed E-state index contributed by atoms with van der Waals surface area (Å²) in [6.07, 6.45) is 0.572. The first-order valence-corrected chi connectivity index (χ1v) is 10.8. The minimum Gasteiger partial charge on any atom is -0.438 e. The molecule has 0 spiro atoms.